The summed E-state index contributed by atoms with van der Waals surface area (Å²) in [5.74, 6) is 0. The van der Waals surface area contributed by atoms with Crippen molar-refractivity contribution in [3.05, 3.63) is 0 Å². The van der Waals surface area contributed by atoms with Crippen molar-refractivity contribution in [2.75, 3.05) is 25.9 Å². The maximum atomic E-state index is 5.50. The standard InChI is InChI=1S/C7H16NO2P/c1-7(2)5-9-11(4-3-8)10-6-7/h3-6,8H2,1-2H3. The van der Waals surface area contributed by atoms with Crippen molar-refractivity contribution in [3.63, 3.8) is 0 Å². The molecule has 0 bridgehead atoms. The Morgan fingerprint density at radius 3 is 2.36 bits per heavy atom. The van der Waals surface area contributed by atoms with Crippen LogP contribution in [0.1, 0.15) is 13.8 Å². The maximum Gasteiger partial charge on any atom is 0.171 e. The highest BCUT2D eigenvalue weighted by molar-refractivity contribution is 7.47. The summed E-state index contributed by atoms with van der Waals surface area (Å²) in [5, 5.41) is 0. The van der Waals surface area contributed by atoms with E-state index in [0.29, 0.717) is 6.54 Å². The van der Waals surface area contributed by atoms with E-state index in [0.717, 1.165) is 19.4 Å². The molecule has 1 saturated heterocycles. The van der Waals surface area contributed by atoms with Crippen LogP contribution < -0.4 is 5.73 Å². The molecule has 0 spiro atoms. The molecule has 1 fully saturated rings. The van der Waals surface area contributed by atoms with Crippen LogP contribution in [0.4, 0.5) is 0 Å². The highest BCUT2D eigenvalue weighted by Crippen LogP contribution is 2.44. The van der Waals surface area contributed by atoms with Gasteiger partial charge in [-0.05, 0) is 0 Å². The van der Waals surface area contributed by atoms with Gasteiger partial charge in [0.15, 0.2) is 8.38 Å². The van der Waals surface area contributed by atoms with Crippen molar-refractivity contribution < 1.29 is 9.05 Å². The molecule has 0 aromatic carbocycles. The fourth-order valence-corrected chi connectivity index (χ4v) is 2.34. The second kappa shape index (κ2) is 3.81. The molecule has 0 aliphatic carbocycles. The fraction of sp³-hybridized carbons (Fsp3) is 1.00. The van der Waals surface area contributed by atoms with Crippen LogP contribution in [0.15, 0.2) is 0 Å². The Balaban J connectivity index is 2.25. The quantitative estimate of drug-likeness (QED) is 0.647. The lowest BCUT2D eigenvalue weighted by molar-refractivity contribution is 0.0620. The van der Waals surface area contributed by atoms with Gasteiger partial charge in [0.1, 0.15) is 0 Å². The smallest absolute Gasteiger partial charge is 0.171 e. The van der Waals surface area contributed by atoms with E-state index in [1.807, 2.05) is 0 Å². The van der Waals surface area contributed by atoms with Crippen LogP contribution in [0.2, 0.25) is 0 Å². The number of nitrogens with two attached hydrogens (primary N) is 1. The van der Waals surface area contributed by atoms with E-state index < -0.39 is 8.38 Å². The van der Waals surface area contributed by atoms with E-state index in [2.05, 4.69) is 13.8 Å². The molecule has 2 N–H and O–H groups in total. The maximum absolute atomic E-state index is 5.50. The highest BCUT2D eigenvalue weighted by atomic mass is 31.2. The zero-order chi connectivity index (χ0) is 8.32. The topological polar surface area (TPSA) is 44.5 Å². The van der Waals surface area contributed by atoms with Crippen molar-refractivity contribution in [2.45, 2.75) is 13.8 Å². The van der Waals surface area contributed by atoms with Crippen LogP contribution >= 0.6 is 8.38 Å². The normalized spacial score (nSPS) is 25.4. The van der Waals surface area contributed by atoms with Crippen LogP contribution in [-0.4, -0.2) is 25.9 Å². The third-order valence-corrected chi connectivity index (χ3v) is 2.97. The van der Waals surface area contributed by atoms with Crippen molar-refractivity contribution in [2.24, 2.45) is 11.1 Å². The van der Waals surface area contributed by atoms with Gasteiger partial charge in [0, 0.05) is 18.1 Å². The molecular weight excluding hydrogens is 161 g/mol. The van der Waals surface area contributed by atoms with Gasteiger partial charge in [-0.3, -0.25) is 0 Å². The number of hydrogen-bond acceptors (Lipinski definition) is 3. The molecule has 0 aromatic rings. The summed E-state index contributed by atoms with van der Waals surface area (Å²) in [6, 6.07) is 0. The van der Waals surface area contributed by atoms with Crippen LogP contribution in [0.3, 0.4) is 0 Å². The average Bonchev–Trinajstić information content (AvgIpc) is 1.94. The molecule has 0 aromatic heterocycles. The molecule has 1 aliphatic rings. The summed E-state index contributed by atoms with van der Waals surface area (Å²) in [5.41, 5.74) is 5.57. The van der Waals surface area contributed by atoms with Crippen LogP contribution in [0, 0.1) is 5.41 Å². The first-order valence-electron chi connectivity index (χ1n) is 3.87. The fourth-order valence-electron chi connectivity index (χ4n) is 0.807. The van der Waals surface area contributed by atoms with E-state index in [9.17, 15) is 0 Å². The van der Waals surface area contributed by atoms with Crippen molar-refractivity contribution in [1.82, 2.24) is 0 Å². The third kappa shape index (κ3) is 3.04. The van der Waals surface area contributed by atoms with Gasteiger partial charge in [-0.1, -0.05) is 13.8 Å². The third-order valence-electron chi connectivity index (χ3n) is 1.51. The first kappa shape index (κ1) is 9.40. The Bertz CT molecular complexity index is 120. The van der Waals surface area contributed by atoms with Gasteiger partial charge < -0.3 is 14.8 Å². The largest absolute Gasteiger partial charge is 0.333 e. The summed E-state index contributed by atoms with van der Waals surface area (Å²) in [6.07, 6.45) is 0.866. The monoisotopic (exact) mass is 177 g/mol. The molecule has 0 unspecified atom stereocenters. The minimum Gasteiger partial charge on any atom is -0.333 e. The Labute approximate surface area is 69.2 Å². The summed E-state index contributed by atoms with van der Waals surface area (Å²) in [7, 11) is -0.655. The van der Waals surface area contributed by atoms with Crippen LogP contribution in [0.5, 0.6) is 0 Å². The van der Waals surface area contributed by atoms with Crippen LogP contribution in [-0.2, 0) is 9.05 Å². The number of hydrogen-bond donors (Lipinski definition) is 1. The average molecular weight is 177 g/mol. The zero-order valence-corrected chi connectivity index (χ0v) is 8.06. The lowest BCUT2D eigenvalue weighted by atomic mass is 9.97. The first-order valence-corrected chi connectivity index (χ1v) is 5.24. The van der Waals surface area contributed by atoms with Crippen molar-refractivity contribution >= 4 is 8.38 Å². The van der Waals surface area contributed by atoms with E-state index in [-0.39, 0.29) is 5.41 Å². The van der Waals surface area contributed by atoms with E-state index >= 15 is 0 Å². The van der Waals surface area contributed by atoms with Gasteiger partial charge in [-0.15, -0.1) is 0 Å². The highest BCUT2D eigenvalue weighted by Gasteiger charge is 2.28. The molecule has 1 aliphatic heterocycles. The molecule has 0 radical (unpaired) electrons. The summed E-state index contributed by atoms with van der Waals surface area (Å²) in [6.45, 7) is 6.55. The molecule has 11 heavy (non-hydrogen) atoms. The number of rotatable bonds is 2. The van der Waals surface area contributed by atoms with Gasteiger partial charge in [-0.2, -0.15) is 0 Å². The van der Waals surface area contributed by atoms with E-state index in [1.165, 1.54) is 0 Å². The molecule has 0 amide bonds. The van der Waals surface area contributed by atoms with Gasteiger partial charge in [-0.25, -0.2) is 0 Å². The van der Waals surface area contributed by atoms with E-state index in [1.54, 1.807) is 0 Å². The van der Waals surface area contributed by atoms with Crippen molar-refractivity contribution in [3.8, 4) is 0 Å². The first-order chi connectivity index (χ1) is 5.14. The lowest BCUT2D eigenvalue weighted by Gasteiger charge is -2.33. The Morgan fingerprint density at radius 1 is 1.36 bits per heavy atom. The Morgan fingerprint density at radius 2 is 1.91 bits per heavy atom. The predicted molar refractivity (Wildman–Crippen MR) is 46.5 cm³/mol. The molecule has 4 heteroatoms. The molecule has 1 heterocycles. The van der Waals surface area contributed by atoms with Gasteiger partial charge in [0.05, 0.1) is 13.2 Å². The Hall–Kier alpha value is 0.310. The zero-order valence-electron chi connectivity index (χ0n) is 7.17. The summed E-state index contributed by atoms with van der Waals surface area (Å²) >= 11 is 0. The minimum absolute atomic E-state index is 0.188. The molecule has 0 saturated carbocycles. The molecule has 1 rings (SSSR count). The molecule has 0 atom stereocenters. The van der Waals surface area contributed by atoms with Gasteiger partial charge >= 0.3 is 0 Å². The second-order valence-corrected chi connectivity index (χ2v) is 5.19. The SMILES string of the molecule is CC1(C)COP(CCN)OC1. The van der Waals surface area contributed by atoms with Gasteiger partial charge in [0.25, 0.3) is 0 Å². The predicted octanol–water partition coefficient (Wildman–Crippen LogP) is 1.33. The molecule has 3 nitrogen and oxygen atoms in total. The lowest BCUT2D eigenvalue weighted by Crippen LogP contribution is -2.29. The van der Waals surface area contributed by atoms with E-state index in [4.69, 9.17) is 14.8 Å². The summed E-state index contributed by atoms with van der Waals surface area (Å²) in [4.78, 5) is 0. The minimum atomic E-state index is -0.655. The van der Waals surface area contributed by atoms with Crippen LogP contribution in [0.25, 0.3) is 0 Å². The Kier molecular flexibility index (Phi) is 3.26. The molecule has 66 valence electrons. The second-order valence-electron chi connectivity index (χ2n) is 3.56. The van der Waals surface area contributed by atoms with Crippen molar-refractivity contribution in [1.29, 1.82) is 0 Å². The summed E-state index contributed by atoms with van der Waals surface area (Å²) < 4.78 is 11.0. The van der Waals surface area contributed by atoms with Gasteiger partial charge in [0.2, 0.25) is 0 Å². The molecular formula is C7H16NO2P.